The number of halogens is 1. The molecule has 0 fully saturated rings. The highest BCUT2D eigenvalue weighted by Gasteiger charge is 2.41. The van der Waals surface area contributed by atoms with E-state index in [1.165, 1.54) is 24.3 Å². The maximum absolute atomic E-state index is 13.1. The van der Waals surface area contributed by atoms with E-state index >= 15 is 0 Å². The fourth-order valence-corrected chi connectivity index (χ4v) is 6.02. The lowest BCUT2D eigenvalue weighted by molar-refractivity contribution is -0.116. The minimum atomic E-state index is -4.13. The van der Waals surface area contributed by atoms with Crippen molar-refractivity contribution in [1.29, 1.82) is 0 Å². The van der Waals surface area contributed by atoms with Crippen LogP contribution >= 0.6 is 11.6 Å². The monoisotopic (exact) mass is 483 g/mol. The molecule has 0 atom stereocenters. The second-order valence-electron chi connectivity index (χ2n) is 8.43. The molecule has 3 aliphatic rings. The molecule has 0 saturated heterocycles. The Balaban J connectivity index is 1.68. The number of Topliss-reactive ketones (excluding diaryl/α,β-unsaturated/α-hetero) is 2. The van der Waals surface area contributed by atoms with Crippen molar-refractivity contribution in [2.45, 2.75) is 49.3 Å². The number of nitrogens with one attached hydrogen (secondary N) is 1. The van der Waals surface area contributed by atoms with Crippen molar-refractivity contribution < 1.29 is 22.2 Å². The molecule has 170 valence electrons. The lowest BCUT2D eigenvalue weighted by atomic mass is 9.71. The van der Waals surface area contributed by atoms with Crippen LogP contribution in [-0.2, 0) is 19.7 Å². The van der Waals surface area contributed by atoms with Crippen molar-refractivity contribution in [3.63, 3.8) is 0 Å². The molecule has 5 rings (SSSR count). The van der Waals surface area contributed by atoms with Gasteiger partial charge < -0.3 is 9.50 Å². The zero-order chi connectivity index (χ0) is 23.2. The van der Waals surface area contributed by atoms with Gasteiger partial charge in [0.15, 0.2) is 11.6 Å². The zero-order valence-corrected chi connectivity index (χ0v) is 19.3. The van der Waals surface area contributed by atoms with E-state index < -0.39 is 16.0 Å². The first-order valence-corrected chi connectivity index (χ1v) is 12.7. The number of hydrogen-bond acceptors (Lipinski definition) is 6. The topological polar surface area (TPSA) is 89.5 Å². The van der Waals surface area contributed by atoms with E-state index in [0.717, 1.165) is 24.2 Å². The van der Waals surface area contributed by atoms with E-state index in [0.29, 0.717) is 47.4 Å². The van der Waals surface area contributed by atoms with Crippen LogP contribution in [0.3, 0.4) is 0 Å². The van der Waals surface area contributed by atoms with Crippen molar-refractivity contribution >= 4 is 33.3 Å². The number of carbonyl (C=O) groups excluding carboxylic acids is 2. The number of dihydropyridines is 1. The average molecular weight is 484 g/mol. The summed E-state index contributed by atoms with van der Waals surface area (Å²) < 4.78 is 31.6. The summed E-state index contributed by atoms with van der Waals surface area (Å²) >= 11 is 6.32. The summed E-state index contributed by atoms with van der Waals surface area (Å²) in [5, 5.41) is 3.72. The molecule has 6 nitrogen and oxygen atoms in total. The third kappa shape index (κ3) is 4.00. The molecule has 2 aromatic carbocycles. The number of hydrogen-bond donors (Lipinski definition) is 1. The Bertz CT molecular complexity index is 1290. The summed E-state index contributed by atoms with van der Waals surface area (Å²) in [6.45, 7) is 0. The minimum Gasteiger partial charge on any atom is -0.379 e. The highest BCUT2D eigenvalue weighted by molar-refractivity contribution is 7.87. The van der Waals surface area contributed by atoms with E-state index in [1.807, 2.05) is 0 Å². The van der Waals surface area contributed by atoms with Crippen LogP contribution in [0.15, 0.2) is 76.0 Å². The van der Waals surface area contributed by atoms with E-state index in [4.69, 9.17) is 15.8 Å². The highest BCUT2D eigenvalue weighted by atomic mass is 35.5. The summed E-state index contributed by atoms with van der Waals surface area (Å²) in [7, 11) is -4.13. The normalized spacial score (nSPS) is 19.2. The Morgan fingerprint density at radius 3 is 2.06 bits per heavy atom. The molecule has 8 heteroatoms. The van der Waals surface area contributed by atoms with E-state index in [9.17, 15) is 18.0 Å². The van der Waals surface area contributed by atoms with Gasteiger partial charge in [0.2, 0.25) is 0 Å². The molecule has 0 radical (unpaired) electrons. The summed E-state index contributed by atoms with van der Waals surface area (Å²) in [6, 6.07) is 12.5. The van der Waals surface area contributed by atoms with Crippen LogP contribution in [-0.4, -0.2) is 20.0 Å². The van der Waals surface area contributed by atoms with Crippen molar-refractivity contribution in [3.05, 3.63) is 81.7 Å². The van der Waals surface area contributed by atoms with Gasteiger partial charge in [-0.15, -0.1) is 0 Å². The van der Waals surface area contributed by atoms with Crippen molar-refractivity contribution in [3.8, 4) is 5.75 Å². The molecule has 1 heterocycles. The zero-order valence-electron chi connectivity index (χ0n) is 17.8. The van der Waals surface area contributed by atoms with Gasteiger partial charge in [-0.05, 0) is 56.0 Å². The van der Waals surface area contributed by atoms with Crippen LogP contribution in [0.4, 0.5) is 0 Å². The molecule has 2 aromatic rings. The first kappa shape index (κ1) is 21.9. The number of rotatable bonds is 4. The molecular weight excluding hydrogens is 462 g/mol. The smallest absolute Gasteiger partial charge is 0.339 e. The third-order valence-electron chi connectivity index (χ3n) is 6.31. The predicted octanol–water partition coefficient (Wildman–Crippen LogP) is 4.81. The van der Waals surface area contributed by atoms with Gasteiger partial charge >= 0.3 is 10.1 Å². The maximum Gasteiger partial charge on any atom is 0.339 e. The molecule has 0 spiro atoms. The van der Waals surface area contributed by atoms with Crippen LogP contribution in [0, 0.1) is 0 Å². The summed E-state index contributed by atoms with van der Waals surface area (Å²) in [5.74, 6) is -0.742. The fourth-order valence-electron chi connectivity index (χ4n) is 4.87. The molecule has 33 heavy (non-hydrogen) atoms. The molecule has 0 saturated carbocycles. The van der Waals surface area contributed by atoms with Crippen LogP contribution in [0.5, 0.6) is 5.75 Å². The van der Waals surface area contributed by atoms with Gasteiger partial charge in [0.1, 0.15) is 10.6 Å². The van der Waals surface area contributed by atoms with Crippen LogP contribution in [0.2, 0.25) is 5.02 Å². The Labute approximate surface area is 197 Å². The molecule has 2 aliphatic carbocycles. The van der Waals surface area contributed by atoms with E-state index in [2.05, 4.69) is 5.32 Å². The van der Waals surface area contributed by atoms with Crippen LogP contribution in [0.25, 0.3) is 0 Å². The number of benzene rings is 2. The summed E-state index contributed by atoms with van der Waals surface area (Å²) in [4.78, 5) is 26.2. The number of allylic oxidation sites excluding steroid dienone is 4. The van der Waals surface area contributed by atoms with Crippen molar-refractivity contribution in [2.75, 3.05) is 0 Å². The largest absolute Gasteiger partial charge is 0.379 e. The first-order chi connectivity index (χ1) is 15.8. The quantitative estimate of drug-likeness (QED) is 0.628. The van der Waals surface area contributed by atoms with Gasteiger partial charge in [0.25, 0.3) is 0 Å². The molecule has 1 N–H and O–H groups in total. The molecule has 0 amide bonds. The van der Waals surface area contributed by atoms with Crippen LogP contribution < -0.4 is 9.50 Å². The van der Waals surface area contributed by atoms with Gasteiger partial charge in [-0.25, -0.2) is 0 Å². The van der Waals surface area contributed by atoms with Gasteiger partial charge in [0, 0.05) is 51.9 Å². The van der Waals surface area contributed by atoms with Crippen LogP contribution in [0.1, 0.15) is 50.0 Å². The van der Waals surface area contributed by atoms with Gasteiger partial charge in [-0.3, -0.25) is 9.59 Å². The maximum atomic E-state index is 13.1. The molecule has 0 unspecified atom stereocenters. The SMILES string of the molecule is O=C1CCCC2=C1C(c1cc(Cl)ccc1OS(=O)(=O)c1ccccc1)C1=C(CCCC1=O)N2. The molecule has 1 aliphatic heterocycles. The summed E-state index contributed by atoms with van der Waals surface area (Å²) in [5.41, 5.74) is 3.05. The lowest BCUT2D eigenvalue weighted by Gasteiger charge is -2.37. The molecular formula is C25H22ClNO5S. The Kier molecular flexibility index (Phi) is 5.62. The molecule has 0 aromatic heterocycles. The van der Waals surface area contributed by atoms with E-state index in [1.54, 1.807) is 24.3 Å². The number of ketones is 2. The molecule has 0 bridgehead atoms. The van der Waals surface area contributed by atoms with Gasteiger partial charge in [-0.2, -0.15) is 8.42 Å². The first-order valence-electron chi connectivity index (χ1n) is 10.9. The summed E-state index contributed by atoms with van der Waals surface area (Å²) in [6.07, 6.45) is 3.62. The standard InChI is InChI=1S/C25H22ClNO5S/c26-15-12-13-22(32-33(30,31)16-6-2-1-3-7-16)17(14-15)23-24-18(8-4-10-20(24)28)27-19-9-5-11-21(29)25(19)23/h1-3,6-7,12-14,23,27H,4-5,8-11H2. The van der Waals surface area contributed by atoms with Crippen molar-refractivity contribution in [1.82, 2.24) is 5.32 Å². The second-order valence-corrected chi connectivity index (χ2v) is 10.4. The average Bonchev–Trinajstić information content (AvgIpc) is 2.80. The lowest BCUT2D eigenvalue weighted by Crippen LogP contribution is -2.36. The van der Waals surface area contributed by atoms with E-state index in [-0.39, 0.29) is 22.2 Å². The van der Waals surface area contributed by atoms with Gasteiger partial charge in [-0.1, -0.05) is 29.8 Å². The second kappa shape index (κ2) is 8.47. The van der Waals surface area contributed by atoms with Gasteiger partial charge in [0.05, 0.1) is 0 Å². The minimum absolute atomic E-state index is 0.0125. The highest BCUT2D eigenvalue weighted by Crippen LogP contribution is 2.48. The fraction of sp³-hybridized carbons (Fsp3) is 0.280. The predicted molar refractivity (Wildman–Crippen MR) is 123 cm³/mol. The number of carbonyl (C=O) groups is 2. The Morgan fingerprint density at radius 2 is 1.45 bits per heavy atom. The Hall–Kier alpha value is -2.90. The third-order valence-corrected chi connectivity index (χ3v) is 7.79. The Morgan fingerprint density at radius 1 is 0.848 bits per heavy atom. The van der Waals surface area contributed by atoms with Crippen molar-refractivity contribution in [2.24, 2.45) is 0 Å².